The van der Waals surface area contributed by atoms with Gasteiger partial charge in [0.15, 0.2) is 0 Å². The highest BCUT2D eigenvalue weighted by Gasteiger charge is 2.51. The molecular weight excluding hydrogens is 224 g/mol. The Morgan fingerprint density at radius 2 is 1.67 bits per heavy atom. The fourth-order valence-corrected chi connectivity index (χ4v) is 5.51. The number of rotatable bonds is 2. The van der Waals surface area contributed by atoms with Crippen molar-refractivity contribution >= 4 is 5.91 Å². The lowest BCUT2D eigenvalue weighted by molar-refractivity contribution is -0.130. The molecule has 100 valence electrons. The second-order valence-corrected chi connectivity index (χ2v) is 7.38. The number of amides is 1. The van der Waals surface area contributed by atoms with Crippen molar-refractivity contribution in [2.75, 3.05) is 13.1 Å². The molecule has 5 fully saturated rings. The van der Waals surface area contributed by atoms with E-state index in [-0.39, 0.29) is 11.5 Å². The van der Waals surface area contributed by atoms with Crippen molar-refractivity contribution in [1.82, 2.24) is 10.6 Å². The van der Waals surface area contributed by atoms with Crippen LogP contribution in [0.25, 0.3) is 0 Å². The second kappa shape index (κ2) is 3.96. The lowest BCUT2D eigenvalue weighted by Crippen LogP contribution is -2.60. The molecule has 1 aliphatic heterocycles. The van der Waals surface area contributed by atoms with Gasteiger partial charge in [-0.05, 0) is 69.2 Å². The van der Waals surface area contributed by atoms with Crippen molar-refractivity contribution in [2.45, 2.75) is 50.5 Å². The average molecular weight is 248 g/mol. The van der Waals surface area contributed by atoms with E-state index in [1.807, 2.05) is 0 Å². The zero-order valence-electron chi connectivity index (χ0n) is 11.1. The zero-order chi connectivity index (χ0) is 12.2. The maximum absolute atomic E-state index is 12.4. The van der Waals surface area contributed by atoms with E-state index in [4.69, 9.17) is 0 Å². The topological polar surface area (TPSA) is 41.1 Å². The van der Waals surface area contributed by atoms with Crippen LogP contribution in [0.15, 0.2) is 0 Å². The predicted molar refractivity (Wildman–Crippen MR) is 70.0 cm³/mol. The van der Waals surface area contributed by atoms with Crippen molar-refractivity contribution in [2.24, 2.45) is 23.7 Å². The minimum absolute atomic E-state index is 0.203. The molecule has 4 bridgehead atoms. The average Bonchev–Trinajstić information content (AvgIpc) is 2.79. The summed E-state index contributed by atoms with van der Waals surface area (Å²) >= 11 is 0. The Bertz CT molecular complexity index is 324. The van der Waals surface area contributed by atoms with E-state index >= 15 is 0 Å². The van der Waals surface area contributed by atoms with Gasteiger partial charge >= 0.3 is 0 Å². The van der Waals surface area contributed by atoms with Crippen molar-refractivity contribution < 1.29 is 4.79 Å². The summed E-state index contributed by atoms with van der Waals surface area (Å²) in [4.78, 5) is 12.4. The van der Waals surface area contributed by atoms with Crippen LogP contribution in [-0.4, -0.2) is 24.5 Å². The molecule has 3 heteroatoms. The number of hydrogen-bond donors (Lipinski definition) is 2. The molecule has 0 radical (unpaired) electrons. The molecule has 2 N–H and O–H groups in total. The van der Waals surface area contributed by atoms with E-state index in [1.165, 1.54) is 38.5 Å². The highest BCUT2D eigenvalue weighted by molar-refractivity contribution is 5.80. The maximum atomic E-state index is 12.4. The summed E-state index contributed by atoms with van der Waals surface area (Å²) in [5.74, 6) is 3.31. The van der Waals surface area contributed by atoms with Gasteiger partial charge in [0, 0.05) is 12.1 Å². The second-order valence-electron chi connectivity index (χ2n) is 7.38. The van der Waals surface area contributed by atoms with Crippen LogP contribution in [0.1, 0.15) is 44.9 Å². The van der Waals surface area contributed by atoms with Crippen LogP contribution in [0.2, 0.25) is 0 Å². The minimum Gasteiger partial charge on any atom is -0.350 e. The molecule has 0 aromatic carbocycles. The Hall–Kier alpha value is -0.570. The van der Waals surface area contributed by atoms with Crippen LogP contribution >= 0.6 is 0 Å². The van der Waals surface area contributed by atoms with E-state index in [9.17, 15) is 4.79 Å². The van der Waals surface area contributed by atoms with Gasteiger partial charge in [-0.2, -0.15) is 0 Å². The van der Waals surface area contributed by atoms with E-state index in [2.05, 4.69) is 10.6 Å². The Kier molecular flexibility index (Phi) is 2.48. The summed E-state index contributed by atoms with van der Waals surface area (Å²) in [5.41, 5.74) is 0.203. The molecule has 5 aliphatic rings. The number of nitrogens with one attached hydrogen (secondary N) is 2. The molecule has 5 rings (SSSR count). The van der Waals surface area contributed by atoms with E-state index < -0.39 is 0 Å². The number of carbonyl (C=O) groups is 1. The van der Waals surface area contributed by atoms with Gasteiger partial charge in [-0.15, -0.1) is 0 Å². The first-order chi connectivity index (χ1) is 8.72. The number of hydrogen-bond acceptors (Lipinski definition) is 2. The van der Waals surface area contributed by atoms with Crippen LogP contribution in [0.4, 0.5) is 0 Å². The summed E-state index contributed by atoms with van der Waals surface area (Å²) in [5, 5.41) is 6.79. The normalized spacial score (nSPS) is 49.6. The Labute approximate surface area is 109 Å². The van der Waals surface area contributed by atoms with Crippen LogP contribution < -0.4 is 10.6 Å². The van der Waals surface area contributed by atoms with Gasteiger partial charge in [0.2, 0.25) is 5.91 Å². The molecule has 1 unspecified atom stereocenters. The van der Waals surface area contributed by atoms with Gasteiger partial charge in [0.1, 0.15) is 0 Å². The lowest BCUT2D eigenvalue weighted by atomic mass is 9.53. The third-order valence-corrected chi connectivity index (χ3v) is 5.86. The molecule has 0 aromatic rings. The number of carbonyl (C=O) groups excluding carboxylic acids is 1. The van der Waals surface area contributed by atoms with Gasteiger partial charge < -0.3 is 10.6 Å². The van der Waals surface area contributed by atoms with Gasteiger partial charge in [-0.3, -0.25) is 4.79 Å². The predicted octanol–water partition coefficient (Wildman–Crippen LogP) is 1.68. The summed E-state index contributed by atoms with van der Waals surface area (Å²) in [6.45, 7) is 1.90. The van der Waals surface area contributed by atoms with Crippen LogP contribution in [0, 0.1) is 23.7 Å². The van der Waals surface area contributed by atoms with Crippen LogP contribution in [0.3, 0.4) is 0 Å². The fraction of sp³-hybridized carbons (Fsp3) is 0.933. The third kappa shape index (κ3) is 1.78. The monoisotopic (exact) mass is 248 g/mol. The van der Waals surface area contributed by atoms with Gasteiger partial charge in [0.05, 0.1) is 5.92 Å². The summed E-state index contributed by atoms with van der Waals surface area (Å²) < 4.78 is 0. The van der Waals surface area contributed by atoms with Crippen molar-refractivity contribution in [3.8, 4) is 0 Å². The van der Waals surface area contributed by atoms with Crippen LogP contribution in [-0.2, 0) is 4.79 Å². The van der Waals surface area contributed by atoms with E-state index in [1.54, 1.807) is 0 Å². The first kappa shape index (κ1) is 11.3. The SMILES string of the molecule is O=C(NC12CC3CC(CC(C3)C1)C2)C1CCNC1. The molecule has 1 saturated heterocycles. The van der Waals surface area contributed by atoms with E-state index in [0.29, 0.717) is 5.91 Å². The molecule has 4 aliphatic carbocycles. The van der Waals surface area contributed by atoms with Gasteiger partial charge in [-0.25, -0.2) is 0 Å². The summed E-state index contributed by atoms with van der Waals surface area (Å²) in [6.07, 6.45) is 9.17. The molecule has 3 nitrogen and oxygen atoms in total. The van der Waals surface area contributed by atoms with Crippen molar-refractivity contribution in [1.29, 1.82) is 0 Å². The largest absolute Gasteiger partial charge is 0.350 e. The summed E-state index contributed by atoms with van der Waals surface area (Å²) in [7, 11) is 0. The Morgan fingerprint density at radius 3 is 2.17 bits per heavy atom. The molecule has 18 heavy (non-hydrogen) atoms. The smallest absolute Gasteiger partial charge is 0.224 e. The quantitative estimate of drug-likeness (QED) is 0.780. The highest BCUT2D eigenvalue weighted by Crippen LogP contribution is 2.55. The fourth-order valence-electron chi connectivity index (χ4n) is 5.51. The molecule has 0 spiro atoms. The van der Waals surface area contributed by atoms with E-state index in [0.717, 1.165) is 37.3 Å². The zero-order valence-corrected chi connectivity index (χ0v) is 11.1. The summed E-state index contributed by atoms with van der Waals surface area (Å²) in [6, 6.07) is 0. The standard InChI is InChI=1S/C15H24N2O/c18-14(13-1-2-16-9-13)17-15-6-10-3-11(7-15)5-12(4-10)8-15/h10-13,16H,1-9H2,(H,17,18). The third-order valence-electron chi connectivity index (χ3n) is 5.86. The van der Waals surface area contributed by atoms with Crippen molar-refractivity contribution in [3.63, 3.8) is 0 Å². The highest BCUT2D eigenvalue weighted by atomic mass is 16.2. The molecule has 1 amide bonds. The van der Waals surface area contributed by atoms with Gasteiger partial charge in [-0.1, -0.05) is 0 Å². The molecule has 0 aromatic heterocycles. The molecular formula is C15H24N2O. The maximum Gasteiger partial charge on any atom is 0.224 e. The first-order valence-corrected chi connectivity index (χ1v) is 7.75. The molecule has 1 atom stereocenters. The van der Waals surface area contributed by atoms with Crippen molar-refractivity contribution in [3.05, 3.63) is 0 Å². The Balaban J connectivity index is 1.48. The Morgan fingerprint density at radius 1 is 1.06 bits per heavy atom. The minimum atomic E-state index is 0.203. The lowest BCUT2D eigenvalue weighted by Gasteiger charge is -2.57. The molecule has 4 saturated carbocycles. The van der Waals surface area contributed by atoms with Gasteiger partial charge in [0.25, 0.3) is 0 Å². The molecule has 1 heterocycles. The first-order valence-electron chi connectivity index (χ1n) is 7.75. The van der Waals surface area contributed by atoms with Crippen LogP contribution in [0.5, 0.6) is 0 Å².